The quantitative estimate of drug-likeness (QED) is 0.0766. The van der Waals surface area contributed by atoms with Gasteiger partial charge in [-0.05, 0) is 50.6 Å². The molecule has 0 amide bonds. The fourth-order valence-corrected chi connectivity index (χ4v) is 6.33. The van der Waals surface area contributed by atoms with Crippen LogP contribution in [0, 0.1) is 11.3 Å². The summed E-state index contributed by atoms with van der Waals surface area (Å²) in [6.45, 7) is 3.84. The first-order valence-electron chi connectivity index (χ1n) is 14.9. The van der Waals surface area contributed by atoms with Crippen molar-refractivity contribution in [3.63, 3.8) is 0 Å². The molecule has 0 bridgehead atoms. The Bertz CT molecular complexity index is 1660. The number of benzene rings is 3. The molecule has 1 saturated heterocycles. The van der Waals surface area contributed by atoms with Crippen LogP contribution in [0.25, 0.3) is 11.1 Å². The van der Waals surface area contributed by atoms with Crippen molar-refractivity contribution in [1.82, 2.24) is 9.88 Å². The van der Waals surface area contributed by atoms with Crippen LogP contribution < -0.4 is 14.2 Å². The molecule has 0 radical (unpaired) electrons. The molecule has 1 aromatic heterocycles. The highest BCUT2D eigenvalue weighted by molar-refractivity contribution is 14.1. The second-order valence-electron chi connectivity index (χ2n) is 10.8. The second-order valence-corrected chi connectivity index (χ2v) is 13.0. The van der Waals surface area contributed by atoms with Crippen molar-refractivity contribution in [3.8, 4) is 34.4 Å². The summed E-state index contributed by atoms with van der Waals surface area (Å²) in [5.74, 6) is 1.80. The highest BCUT2D eigenvalue weighted by atomic mass is 127. The van der Waals surface area contributed by atoms with Crippen LogP contribution in [-0.2, 0) is 19.8 Å². The molecular weight excluding hydrogens is 744 g/mol. The highest BCUT2D eigenvalue weighted by Gasteiger charge is 2.19. The lowest BCUT2D eigenvalue weighted by Gasteiger charge is -2.27. The molecule has 4 aromatic rings. The maximum absolute atomic E-state index is 9.27. The molecule has 0 atom stereocenters. The number of rotatable bonds is 13. The van der Waals surface area contributed by atoms with Crippen LogP contribution in [-0.4, -0.2) is 34.0 Å². The van der Waals surface area contributed by atoms with E-state index in [0.29, 0.717) is 44.5 Å². The maximum Gasteiger partial charge on any atom is 0.142 e. The third-order valence-electron chi connectivity index (χ3n) is 7.53. The maximum atomic E-state index is 9.27. The summed E-state index contributed by atoms with van der Waals surface area (Å²) < 4.78 is 19.5. The number of nitrogens with zero attached hydrogens (tertiary/aromatic N) is 3. The van der Waals surface area contributed by atoms with E-state index in [-0.39, 0.29) is 13.2 Å². The third kappa shape index (κ3) is 8.96. The molecule has 6 nitrogen and oxygen atoms in total. The first-order chi connectivity index (χ1) is 22.0. The lowest BCUT2D eigenvalue weighted by molar-refractivity contribution is 0.214. The van der Waals surface area contributed by atoms with Crippen molar-refractivity contribution in [2.45, 2.75) is 45.4 Å². The average molecular weight is 777 g/mol. The van der Waals surface area contributed by atoms with Gasteiger partial charge in [0.25, 0.3) is 0 Å². The number of piperidine rings is 1. The molecule has 5 rings (SSSR count). The zero-order valence-electron chi connectivity index (χ0n) is 24.7. The van der Waals surface area contributed by atoms with Crippen LogP contribution in [0.5, 0.6) is 17.2 Å². The van der Waals surface area contributed by atoms with Crippen LogP contribution in [0.1, 0.15) is 47.9 Å². The van der Waals surface area contributed by atoms with E-state index < -0.39 is 0 Å². The SMILES string of the molecule is N#Cc1cncc(COc2cc(OCc3cccc(-c4cccc(OCCCI)c4Cl)c3Cl)c(Cl)cc2CN2CCCCC2)c1. The fourth-order valence-electron chi connectivity index (χ4n) is 5.21. The standard InChI is InChI=1S/C35H33Cl3IN3O3/c36-30-16-27(21-42-12-2-1-3-13-42)32(44-22-25-15-24(18-40)19-41-20-25)17-33(30)45-23-26-7-4-8-28(34(26)37)29-9-5-10-31(35(29)38)43-14-6-11-39/h4-5,7-10,15-17,19-20H,1-3,6,11-14,21-23H2. The normalized spacial score (nSPS) is 13.3. The van der Waals surface area contributed by atoms with Crippen molar-refractivity contribution in [2.24, 2.45) is 0 Å². The Labute approximate surface area is 293 Å². The molecule has 0 N–H and O–H groups in total. The summed E-state index contributed by atoms with van der Waals surface area (Å²) in [5, 5.41) is 10.8. The largest absolute Gasteiger partial charge is 0.492 e. The second kappa shape index (κ2) is 16.7. The van der Waals surface area contributed by atoms with Crippen LogP contribution in [0.2, 0.25) is 15.1 Å². The van der Waals surface area contributed by atoms with Gasteiger partial charge in [-0.3, -0.25) is 9.88 Å². The number of halogens is 4. The molecule has 1 fully saturated rings. The number of hydrogen-bond donors (Lipinski definition) is 0. The lowest BCUT2D eigenvalue weighted by Crippen LogP contribution is -2.29. The van der Waals surface area contributed by atoms with Gasteiger partial charge in [0.2, 0.25) is 0 Å². The van der Waals surface area contributed by atoms with Crippen LogP contribution in [0.15, 0.2) is 67.0 Å². The Morgan fingerprint density at radius 3 is 2.33 bits per heavy atom. The van der Waals surface area contributed by atoms with Gasteiger partial charge in [0.15, 0.2) is 0 Å². The van der Waals surface area contributed by atoms with E-state index in [0.717, 1.165) is 58.3 Å². The molecule has 234 valence electrons. The van der Waals surface area contributed by atoms with Gasteiger partial charge in [0.05, 0.1) is 27.2 Å². The van der Waals surface area contributed by atoms with E-state index in [9.17, 15) is 5.26 Å². The number of nitriles is 1. The van der Waals surface area contributed by atoms with E-state index in [1.807, 2.05) is 48.5 Å². The summed E-state index contributed by atoms with van der Waals surface area (Å²) in [6, 6.07) is 19.2. The van der Waals surface area contributed by atoms with Crippen LogP contribution in [0.3, 0.4) is 0 Å². The Morgan fingerprint density at radius 1 is 0.800 bits per heavy atom. The van der Waals surface area contributed by atoms with Gasteiger partial charge in [0.1, 0.15) is 36.5 Å². The topological polar surface area (TPSA) is 67.6 Å². The third-order valence-corrected chi connectivity index (χ3v) is 9.42. The molecule has 0 aliphatic carbocycles. The van der Waals surface area contributed by atoms with Gasteiger partial charge in [-0.2, -0.15) is 5.26 Å². The van der Waals surface area contributed by atoms with E-state index >= 15 is 0 Å². The number of alkyl halides is 1. The lowest BCUT2D eigenvalue weighted by atomic mass is 10.0. The van der Waals surface area contributed by atoms with Gasteiger partial charge in [-0.25, -0.2) is 0 Å². The Morgan fingerprint density at radius 2 is 1.56 bits per heavy atom. The number of hydrogen-bond acceptors (Lipinski definition) is 6. The molecule has 0 spiro atoms. The summed E-state index contributed by atoms with van der Waals surface area (Å²) in [4.78, 5) is 6.57. The number of likely N-dealkylation sites (tertiary alicyclic amines) is 1. The van der Waals surface area contributed by atoms with Crippen molar-refractivity contribution in [1.29, 1.82) is 5.26 Å². The minimum atomic E-state index is 0.189. The summed E-state index contributed by atoms with van der Waals surface area (Å²) >= 11 is 22.8. The highest BCUT2D eigenvalue weighted by Crippen LogP contribution is 2.40. The monoisotopic (exact) mass is 775 g/mol. The molecule has 3 aromatic carbocycles. The molecular formula is C35H33Cl3IN3O3. The summed E-state index contributed by atoms with van der Waals surface area (Å²) in [7, 11) is 0. The van der Waals surface area contributed by atoms with Gasteiger partial charge in [0, 0.05) is 57.2 Å². The zero-order chi connectivity index (χ0) is 31.6. The van der Waals surface area contributed by atoms with Gasteiger partial charge < -0.3 is 14.2 Å². The molecule has 1 aliphatic heterocycles. The van der Waals surface area contributed by atoms with Crippen LogP contribution in [0.4, 0.5) is 0 Å². The number of aromatic nitrogens is 1. The summed E-state index contributed by atoms with van der Waals surface area (Å²) in [6.07, 6.45) is 7.79. The zero-order valence-corrected chi connectivity index (χ0v) is 29.1. The molecule has 10 heteroatoms. The molecule has 45 heavy (non-hydrogen) atoms. The van der Waals surface area contributed by atoms with Crippen molar-refractivity contribution < 1.29 is 14.2 Å². The summed E-state index contributed by atoms with van der Waals surface area (Å²) in [5.41, 5.74) is 4.65. The first-order valence-corrected chi connectivity index (χ1v) is 17.5. The van der Waals surface area contributed by atoms with Gasteiger partial charge in [-0.1, -0.05) is 94.1 Å². The predicted octanol–water partition coefficient (Wildman–Crippen LogP) is 9.93. The smallest absolute Gasteiger partial charge is 0.142 e. The van der Waals surface area contributed by atoms with Crippen LogP contribution >= 0.6 is 57.4 Å². The average Bonchev–Trinajstić information content (AvgIpc) is 3.06. The van der Waals surface area contributed by atoms with E-state index in [4.69, 9.17) is 49.0 Å². The Hall–Kier alpha value is -2.74. The van der Waals surface area contributed by atoms with Gasteiger partial charge in [-0.15, -0.1) is 0 Å². The Kier molecular flexibility index (Phi) is 12.5. The molecule has 0 saturated carbocycles. The van der Waals surface area contributed by atoms with E-state index in [2.05, 4.69) is 38.5 Å². The van der Waals surface area contributed by atoms with E-state index in [1.165, 1.54) is 25.5 Å². The molecule has 1 aliphatic rings. The van der Waals surface area contributed by atoms with Gasteiger partial charge >= 0.3 is 0 Å². The van der Waals surface area contributed by atoms with Crippen molar-refractivity contribution in [2.75, 3.05) is 24.1 Å². The number of ether oxygens (including phenoxy) is 3. The first kappa shape index (κ1) is 33.6. The molecule has 2 heterocycles. The van der Waals surface area contributed by atoms with Crippen molar-refractivity contribution >= 4 is 57.4 Å². The van der Waals surface area contributed by atoms with E-state index in [1.54, 1.807) is 12.3 Å². The Balaban J connectivity index is 1.37. The predicted molar refractivity (Wildman–Crippen MR) is 189 cm³/mol. The molecule has 0 unspecified atom stereocenters. The minimum absolute atomic E-state index is 0.189. The minimum Gasteiger partial charge on any atom is -0.492 e. The fraction of sp³-hybridized carbons (Fsp3) is 0.314. The van der Waals surface area contributed by atoms with Crippen molar-refractivity contribution in [3.05, 3.63) is 104 Å². The number of pyridine rings is 1.